The Hall–Kier alpha value is -1.10. The monoisotopic (exact) mass is 296 g/mol. The zero-order chi connectivity index (χ0) is 14.6. The molecule has 1 saturated carbocycles. The molecule has 0 heterocycles. The molecule has 1 aliphatic carbocycles. The number of hydrogen-bond donors (Lipinski definition) is 3. The summed E-state index contributed by atoms with van der Waals surface area (Å²) in [6.07, 6.45) is 4.05. The number of hydrogen-bond acceptors (Lipinski definition) is 3. The van der Waals surface area contributed by atoms with Crippen LogP contribution in [0.2, 0.25) is 5.02 Å². The maximum absolute atomic E-state index is 12.0. The zero-order valence-electron chi connectivity index (χ0n) is 11.7. The molecule has 0 bridgehead atoms. The van der Waals surface area contributed by atoms with Crippen LogP contribution in [0.5, 0.6) is 0 Å². The van der Waals surface area contributed by atoms with Crippen molar-refractivity contribution in [2.24, 2.45) is 0 Å². The molecule has 1 aliphatic rings. The zero-order valence-corrected chi connectivity index (χ0v) is 12.5. The average molecular weight is 297 g/mol. The van der Waals surface area contributed by atoms with E-state index in [1.165, 1.54) is 0 Å². The van der Waals surface area contributed by atoms with Crippen molar-refractivity contribution in [2.45, 2.75) is 38.1 Å². The molecule has 110 valence electrons. The average Bonchev–Trinajstić information content (AvgIpc) is 2.90. The molecule has 3 N–H and O–H groups in total. The van der Waals surface area contributed by atoms with Crippen LogP contribution in [0.15, 0.2) is 18.2 Å². The van der Waals surface area contributed by atoms with Gasteiger partial charge in [-0.25, -0.2) is 0 Å². The lowest BCUT2D eigenvalue weighted by molar-refractivity contribution is -0.115. The summed E-state index contributed by atoms with van der Waals surface area (Å²) in [5.74, 6) is -0.116. The van der Waals surface area contributed by atoms with Crippen LogP contribution in [-0.4, -0.2) is 29.7 Å². The van der Waals surface area contributed by atoms with Crippen LogP contribution in [0, 0.1) is 6.92 Å². The van der Waals surface area contributed by atoms with Crippen molar-refractivity contribution >= 4 is 23.2 Å². The predicted octanol–water partition coefficient (Wildman–Crippen LogP) is 2.48. The summed E-state index contributed by atoms with van der Waals surface area (Å²) in [6, 6.07) is 5.41. The maximum Gasteiger partial charge on any atom is 0.238 e. The standard InChI is InChI=1S/C15H21ClN2O2/c1-11-4-5-12(16)8-13(11)18-14(20)9-17-15(10-19)6-2-3-7-15/h4-5,8,17,19H,2-3,6-7,9-10H2,1H3,(H,18,20). The number of benzene rings is 1. The van der Waals surface area contributed by atoms with Gasteiger partial charge in [-0.3, -0.25) is 4.79 Å². The number of anilines is 1. The van der Waals surface area contributed by atoms with Crippen LogP contribution < -0.4 is 10.6 Å². The third-order valence-electron chi connectivity index (χ3n) is 3.96. The molecule has 1 aromatic carbocycles. The van der Waals surface area contributed by atoms with E-state index in [0.29, 0.717) is 5.02 Å². The Balaban J connectivity index is 1.91. The third kappa shape index (κ3) is 3.72. The molecule has 0 unspecified atom stereocenters. The van der Waals surface area contributed by atoms with Gasteiger partial charge in [-0.1, -0.05) is 30.5 Å². The minimum atomic E-state index is -0.277. The quantitative estimate of drug-likeness (QED) is 0.782. The van der Waals surface area contributed by atoms with Gasteiger partial charge >= 0.3 is 0 Å². The lowest BCUT2D eigenvalue weighted by Crippen LogP contribution is -2.49. The van der Waals surface area contributed by atoms with E-state index in [9.17, 15) is 9.90 Å². The molecule has 1 fully saturated rings. The molecule has 0 atom stereocenters. The fourth-order valence-electron chi connectivity index (χ4n) is 2.63. The molecule has 2 rings (SSSR count). The molecular formula is C15H21ClN2O2. The summed E-state index contributed by atoms with van der Waals surface area (Å²) in [5.41, 5.74) is 1.43. The molecular weight excluding hydrogens is 276 g/mol. The highest BCUT2D eigenvalue weighted by Gasteiger charge is 2.32. The second-order valence-corrected chi connectivity index (χ2v) is 5.94. The molecule has 5 heteroatoms. The van der Waals surface area contributed by atoms with Crippen molar-refractivity contribution in [1.82, 2.24) is 5.32 Å². The number of carbonyl (C=O) groups is 1. The molecule has 0 radical (unpaired) electrons. The molecule has 0 spiro atoms. The van der Waals surface area contributed by atoms with E-state index in [0.717, 1.165) is 36.9 Å². The van der Waals surface area contributed by atoms with Crippen molar-refractivity contribution in [3.63, 3.8) is 0 Å². The summed E-state index contributed by atoms with van der Waals surface area (Å²) >= 11 is 5.93. The maximum atomic E-state index is 12.0. The number of aryl methyl sites for hydroxylation is 1. The Morgan fingerprint density at radius 2 is 2.10 bits per heavy atom. The van der Waals surface area contributed by atoms with Crippen LogP contribution in [0.1, 0.15) is 31.2 Å². The van der Waals surface area contributed by atoms with Crippen LogP contribution in [0.3, 0.4) is 0 Å². The van der Waals surface area contributed by atoms with Gasteiger partial charge in [0.05, 0.1) is 13.2 Å². The Morgan fingerprint density at radius 1 is 1.40 bits per heavy atom. The van der Waals surface area contributed by atoms with Gasteiger partial charge in [0, 0.05) is 16.2 Å². The van der Waals surface area contributed by atoms with Crippen molar-refractivity contribution in [2.75, 3.05) is 18.5 Å². The van der Waals surface area contributed by atoms with Crippen molar-refractivity contribution in [3.05, 3.63) is 28.8 Å². The number of carbonyl (C=O) groups excluding carboxylic acids is 1. The van der Waals surface area contributed by atoms with Gasteiger partial charge in [-0.05, 0) is 37.5 Å². The summed E-state index contributed by atoms with van der Waals surface area (Å²) in [4.78, 5) is 12.0. The topological polar surface area (TPSA) is 61.4 Å². The summed E-state index contributed by atoms with van der Waals surface area (Å²) in [6.45, 7) is 2.20. The largest absolute Gasteiger partial charge is 0.394 e. The minimum absolute atomic E-state index is 0.0798. The second kappa shape index (κ2) is 6.57. The van der Waals surface area contributed by atoms with Crippen LogP contribution in [-0.2, 0) is 4.79 Å². The van der Waals surface area contributed by atoms with Crippen molar-refractivity contribution < 1.29 is 9.90 Å². The molecule has 0 aromatic heterocycles. The highest BCUT2D eigenvalue weighted by Crippen LogP contribution is 2.28. The van der Waals surface area contributed by atoms with E-state index in [1.807, 2.05) is 13.0 Å². The SMILES string of the molecule is Cc1ccc(Cl)cc1NC(=O)CNC1(CO)CCCC1. The summed E-state index contributed by atoms with van der Waals surface area (Å²) in [7, 11) is 0. The van der Waals surface area contributed by atoms with Crippen LogP contribution in [0.4, 0.5) is 5.69 Å². The van der Waals surface area contributed by atoms with Crippen molar-refractivity contribution in [1.29, 1.82) is 0 Å². The van der Waals surface area contributed by atoms with Gasteiger partial charge in [-0.15, -0.1) is 0 Å². The van der Waals surface area contributed by atoms with Crippen molar-refractivity contribution in [3.8, 4) is 0 Å². The Kier molecular flexibility index (Phi) is 5.02. The lowest BCUT2D eigenvalue weighted by Gasteiger charge is -2.27. The molecule has 1 amide bonds. The number of aliphatic hydroxyl groups excluding tert-OH is 1. The Labute approximate surface area is 124 Å². The number of nitrogens with one attached hydrogen (secondary N) is 2. The van der Waals surface area contributed by atoms with E-state index < -0.39 is 0 Å². The normalized spacial score (nSPS) is 17.1. The van der Waals surface area contributed by atoms with Gasteiger partial charge in [0.2, 0.25) is 5.91 Å². The third-order valence-corrected chi connectivity index (χ3v) is 4.20. The number of aliphatic hydroxyl groups is 1. The van der Waals surface area contributed by atoms with Gasteiger partial charge in [0.25, 0.3) is 0 Å². The smallest absolute Gasteiger partial charge is 0.238 e. The predicted molar refractivity (Wildman–Crippen MR) is 81.1 cm³/mol. The fourth-order valence-corrected chi connectivity index (χ4v) is 2.81. The lowest BCUT2D eigenvalue weighted by atomic mass is 9.99. The summed E-state index contributed by atoms with van der Waals surface area (Å²) in [5, 5.41) is 16.1. The van der Waals surface area contributed by atoms with E-state index >= 15 is 0 Å². The molecule has 1 aromatic rings. The van der Waals surface area contributed by atoms with Gasteiger partial charge in [-0.2, -0.15) is 0 Å². The van der Waals surface area contributed by atoms with Gasteiger partial charge < -0.3 is 15.7 Å². The van der Waals surface area contributed by atoms with Crippen LogP contribution >= 0.6 is 11.6 Å². The minimum Gasteiger partial charge on any atom is -0.394 e. The van der Waals surface area contributed by atoms with E-state index in [4.69, 9.17) is 11.6 Å². The van der Waals surface area contributed by atoms with Gasteiger partial charge in [0.1, 0.15) is 0 Å². The first-order chi connectivity index (χ1) is 9.54. The molecule has 4 nitrogen and oxygen atoms in total. The Morgan fingerprint density at radius 3 is 2.75 bits per heavy atom. The first-order valence-corrected chi connectivity index (χ1v) is 7.34. The van der Waals surface area contributed by atoms with Gasteiger partial charge in [0.15, 0.2) is 0 Å². The molecule has 20 heavy (non-hydrogen) atoms. The highest BCUT2D eigenvalue weighted by molar-refractivity contribution is 6.31. The molecule has 0 aliphatic heterocycles. The number of halogens is 1. The van der Waals surface area contributed by atoms with E-state index in [2.05, 4.69) is 10.6 Å². The second-order valence-electron chi connectivity index (χ2n) is 5.51. The Bertz CT molecular complexity index is 485. The van der Waals surface area contributed by atoms with E-state index in [-0.39, 0.29) is 24.6 Å². The highest BCUT2D eigenvalue weighted by atomic mass is 35.5. The number of rotatable bonds is 5. The fraction of sp³-hybridized carbons (Fsp3) is 0.533. The summed E-state index contributed by atoms with van der Waals surface area (Å²) < 4.78 is 0. The van der Waals surface area contributed by atoms with Crippen LogP contribution in [0.25, 0.3) is 0 Å². The van der Waals surface area contributed by atoms with E-state index in [1.54, 1.807) is 12.1 Å². The first-order valence-electron chi connectivity index (χ1n) is 6.97. The molecule has 0 saturated heterocycles. The first kappa shape index (κ1) is 15.3. The number of amides is 1.